The number of hydrogen-bond acceptors (Lipinski definition) is 2. The maximum atomic E-state index is 9.57. The number of nitrogens with zero attached hydrogens (tertiary/aromatic N) is 1. The van der Waals surface area contributed by atoms with Crippen LogP contribution in [-0.4, -0.2) is 18.2 Å². The number of hydrogen-bond donors (Lipinski definition) is 1. The maximum absolute atomic E-state index is 9.57. The fourth-order valence-corrected chi connectivity index (χ4v) is 3.80. The topological polar surface area (TPSA) is 23.5 Å². The van der Waals surface area contributed by atoms with Crippen molar-refractivity contribution in [3.05, 3.63) is 29.8 Å². The van der Waals surface area contributed by atoms with E-state index >= 15 is 0 Å². The van der Waals surface area contributed by atoms with E-state index in [9.17, 15) is 5.11 Å². The zero-order chi connectivity index (χ0) is 13.2. The molecule has 0 aromatic heterocycles. The van der Waals surface area contributed by atoms with Crippen LogP contribution in [0.4, 0.5) is 5.69 Å². The smallest absolute Gasteiger partial charge is 0.0761 e. The molecular formula is C17H25NO. The van der Waals surface area contributed by atoms with Gasteiger partial charge in [0, 0.05) is 18.8 Å². The van der Waals surface area contributed by atoms with Gasteiger partial charge in [-0.1, -0.05) is 31.4 Å². The standard InChI is InChI=1S/C17H25NO/c1-13(19)14-6-8-17(9-7-14)18-11-10-15-4-2-3-5-16(15)12-18/h6-9,13,15-16,19H,2-5,10-12H2,1H3/t13-,15?,16?/m0/s1. The number of piperidine rings is 1. The Bertz CT molecular complexity index is 412. The Morgan fingerprint density at radius 3 is 2.42 bits per heavy atom. The van der Waals surface area contributed by atoms with E-state index in [2.05, 4.69) is 29.2 Å². The summed E-state index contributed by atoms with van der Waals surface area (Å²) in [4.78, 5) is 2.54. The van der Waals surface area contributed by atoms with E-state index < -0.39 is 0 Å². The molecule has 1 N–H and O–H groups in total. The molecule has 1 aliphatic carbocycles. The summed E-state index contributed by atoms with van der Waals surface area (Å²) in [6.45, 7) is 4.26. The van der Waals surface area contributed by atoms with Crippen molar-refractivity contribution < 1.29 is 5.11 Å². The van der Waals surface area contributed by atoms with Crippen molar-refractivity contribution in [3.63, 3.8) is 0 Å². The van der Waals surface area contributed by atoms with Crippen LogP contribution in [0, 0.1) is 11.8 Å². The Hall–Kier alpha value is -1.02. The first-order chi connectivity index (χ1) is 9.24. The Morgan fingerprint density at radius 1 is 1.05 bits per heavy atom. The second-order valence-electron chi connectivity index (χ2n) is 6.31. The van der Waals surface area contributed by atoms with Gasteiger partial charge in [-0.15, -0.1) is 0 Å². The number of benzene rings is 1. The van der Waals surface area contributed by atoms with Crippen molar-refractivity contribution in [3.8, 4) is 0 Å². The molecule has 19 heavy (non-hydrogen) atoms. The minimum absolute atomic E-state index is 0.363. The number of anilines is 1. The fraction of sp³-hybridized carbons (Fsp3) is 0.647. The molecule has 2 heteroatoms. The van der Waals surface area contributed by atoms with Gasteiger partial charge in [-0.2, -0.15) is 0 Å². The van der Waals surface area contributed by atoms with E-state index in [1.807, 2.05) is 6.92 Å². The molecule has 1 aromatic rings. The zero-order valence-corrected chi connectivity index (χ0v) is 11.9. The van der Waals surface area contributed by atoms with Crippen LogP contribution in [0.15, 0.2) is 24.3 Å². The molecule has 1 heterocycles. The number of rotatable bonds is 2. The quantitative estimate of drug-likeness (QED) is 0.874. The minimum Gasteiger partial charge on any atom is -0.389 e. The van der Waals surface area contributed by atoms with Crippen LogP contribution < -0.4 is 4.90 Å². The van der Waals surface area contributed by atoms with Gasteiger partial charge in [0.05, 0.1) is 6.10 Å². The Balaban J connectivity index is 1.69. The molecule has 0 bridgehead atoms. The van der Waals surface area contributed by atoms with Crippen LogP contribution in [0.1, 0.15) is 50.7 Å². The lowest BCUT2D eigenvalue weighted by molar-refractivity contribution is 0.199. The first-order valence-corrected chi connectivity index (χ1v) is 7.77. The molecule has 2 aliphatic rings. The Morgan fingerprint density at radius 2 is 1.74 bits per heavy atom. The molecule has 1 aromatic carbocycles. The van der Waals surface area contributed by atoms with Crippen molar-refractivity contribution in [1.82, 2.24) is 0 Å². The van der Waals surface area contributed by atoms with Crippen LogP contribution in [0.5, 0.6) is 0 Å². The number of aliphatic hydroxyl groups is 1. The molecule has 2 fully saturated rings. The van der Waals surface area contributed by atoms with Crippen LogP contribution in [0.3, 0.4) is 0 Å². The average molecular weight is 259 g/mol. The largest absolute Gasteiger partial charge is 0.389 e. The Kier molecular flexibility index (Phi) is 3.79. The molecule has 0 radical (unpaired) electrons. The van der Waals surface area contributed by atoms with Gasteiger partial charge in [0.2, 0.25) is 0 Å². The van der Waals surface area contributed by atoms with E-state index in [0.717, 1.165) is 17.4 Å². The second-order valence-corrected chi connectivity index (χ2v) is 6.31. The lowest BCUT2D eigenvalue weighted by Crippen LogP contribution is -2.41. The summed E-state index contributed by atoms with van der Waals surface area (Å²) >= 11 is 0. The van der Waals surface area contributed by atoms with E-state index in [0.29, 0.717) is 0 Å². The van der Waals surface area contributed by atoms with E-state index in [-0.39, 0.29) is 6.10 Å². The highest BCUT2D eigenvalue weighted by atomic mass is 16.3. The van der Waals surface area contributed by atoms with E-state index in [1.165, 1.54) is 50.9 Å². The lowest BCUT2D eigenvalue weighted by Gasteiger charge is -2.42. The molecule has 3 rings (SSSR count). The van der Waals surface area contributed by atoms with Gasteiger partial charge in [0.15, 0.2) is 0 Å². The summed E-state index contributed by atoms with van der Waals surface area (Å²) in [7, 11) is 0. The van der Waals surface area contributed by atoms with Crippen LogP contribution in [0.2, 0.25) is 0 Å². The highest BCUT2D eigenvalue weighted by Gasteiger charge is 2.31. The van der Waals surface area contributed by atoms with Gasteiger partial charge in [-0.05, 0) is 49.3 Å². The molecule has 0 amide bonds. The second kappa shape index (κ2) is 5.54. The van der Waals surface area contributed by atoms with Crippen LogP contribution in [0.25, 0.3) is 0 Å². The molecule has 104 valence electrons. The summed E-state index contributed by atoms with van der Waals surface area (Å²) in [6, 6.07) is 8.47. The molecule has 2 nitrogen and oxygen atoms in total. The third-order valence-corrected chi connectivity index (χ3v) is 5.03. The van der Waals surface area contributed by atoms with Gasteiger partial charge in [0.1, 0.15) is 0 Å². The normalized spacial score (nSPS) is 28.8. The Labute approximate surface area is 116 Å². The molecule has 3 atom stereocenters. The third-order valence-electron chi connectivity index (χ3n) is 5.03. The van der Waals surface area contributed by atoms with E-state index in [4.69, 9.17) is 0 Å². The fourth-order valence-electron chi connectivity index (χ4n) is 3.80. The minimum atomic E-state index is -0.363. The summed E-state index contributed by atoms with van der Waals surface area (Å²) in [5, 5.41) is 9.57. The summed E-state index contributed by atoms with van der Waals surface area (Å²) in [6.07, 6.45) is 6.76. The summed E-state index contributed by atoms with van der Waals surface area (Å²) in [5.41, 5.74) is 2.34. The van der Waals surface area contributed by atoms with Gasteiger partial charge in [-0.3, -0.25) is 0 Å². The lowest BCUT2D eigenvalue weighted by atomic mass is 9.75. The zero-order valence-electron chi connectivity index (χ0n) is 11.9. The molecular weight excluding hydrogens is 234 g/mol. The predicted octanol–water partition coefficient (Wildman–Crippen LogP) is 3.76. The summed E-state index contributed by atoms with van der Waals surface area (Å²) < 4.78 is 0. The number of aliphatic hydroxyl groups excluding tert-OH is 1. The van der Waals surface area contributed by atoms with Crippen molar-refractivity contribution >= 4 is 5.69 Å². The van der Waals surface area contributed by atoms with Gasteiger partial charge < -0.3 is 10.0 Å². The van der Waals surface area contributed by atoms with Crippen LogP contribution in [-0.2, 0) is 0 Å². The van der Waals surface area contributed by atoms with Gasteiger partial charge >= 0.3 is 0 Å². The van der Waals surface area contributed by atoms with Crippen molar-refractivity contribution in [1.29, 1.82) is 0 Å². The first-order valence-electron chi connectivity index (χ1n) is 7.77. The molecule has 0 spiro atoms. The predicted molar refractivity (Wildman–Crippen MR) is 79.4 cm³/mol. The molecule has 2 unspecified atom stereocenters. The molecule has 1 aliphatic heterocycles. The highest BCUT2D eigenvalue weighted by Crippen LogP contribution is 2.37. The van der Waals surface area contributed by atoms with Gasteiger partial charge in [-0.25, -0.2) is 0 Å². The van der Waals surface area contributed by atoms with Gasteiger partial charge in [0.25, 0.3) is 0 Å². The molecule has 1 saturated carbocycles. The van der Waals surface area contributed by atoms with Crippen LogP contribution >= 0.6 is 0 Å². The van der Waals surface area contributed by atoms with Crippen molar-refractivity contribution in [2.45, 2.75) is 45.1 Å². The first kappa shape index (κ1) is 13.0. The van der Waals surface area contributed by atoms with Crippen molar-refractivity contribution in [2.24, 2.45) is 11.8 Å². The molecule has 1 saturated heterocycles. The number of fused-ring (bicyclic) bond motifs is 1. The van der Waals surface area contributed by atoms with E-state index in [1.54, 1.807) is 0 Å². The SMILES string of the molecule is C[C@H](O)c1ccc(N2CCC3CCCCC3C2)cc1. The summed E-state index contributed by atoms with van der Waals surface area (Å²) in [5.74, 6) is 1.90. The van der Waals surface area contributed by atoms with Crippen molar-refractivity contribution in [2.75, 3.05) is 18.0 Å². The maximum Gasteiger partial charge on any atom is 0.0761 e. The average Bonchev–Trinajstić information content (AvgIpc) is 2.47. The monoisotopic (exact) mass is 259 g/mol. The highest BCUT2D eigenvalue weighted by molar-refractivity contribution is 5.48. The third kappa shape index (κ3) is 2.79.